The minimum Gasteiger partial charge on any atom is -0.204 e. The van der Waals surface area contributed by atoms with Crippen molar-refractivity contribution in [3.8, 4) is 0 Å². The van der Waals surface area contributed by atoms with Crippen LogP contribution in [0, 0.1) is 17.0 Å². The molecule has 1 fully saturated rings. The Morgan fingerprint density at radius 1 is 1.22 bits per heavy atom. The van der Waals surface area contributed by atoms with Crippen molar-refractivity contribution < 1.29 is 8.78 Å². The molecule has 2 rings (SSSR count). The van der Waals surface area contributed by atoms with Crippen molar-refractivity contribution in [3.05, 3.63) is 34.4 Å². The Morgan fingerprint density at radius 3 is 2.33 bits per heavy atom. The summed E-state index contributed by atoms with van der Waals surface area (Å²) < 4.78 is 26.4. The molecule has 100 valence electrons. The zero-order valence-corrected chi connectivity index (χ0v) is 11.8. The first-order valence-corrected chi connectivity index (χ1v) is 7.10. The van der Waals surface area contributed by atoms with Gasteiger partial charge in [-0.15, -0.1) is 11.6 Å². The van der Waals surface area contributed by atoms with E-state index in [1.54, 1.807) is 0 Å². The second-order valence-corrected chi connectivity index (χ2v) is 5.92. The van der Waals surface area contributed by atoms with Crippen LogP contribution in [0.1, 0.15) is 50.0 Å². The van der Waals surface area contributed by atoms with Crippen molar-refractivity contribution in [2.45, 2.75) is 44.4 Å². The summed E-state index contributed by atoms with van der Waals surface area (Å²) in [5, 5.41) is -0.138. The molecule has 0 saturated heterocycles. The number of hydrogen-bond acceptors (Lipinski definition) is 0. The monoisotopic (exact) mass is 292 g/mol. The van der Waals surface area contributed by atoms with Gasteiger partial charge >= 0.3 is 0 Å². The van der Waals surface area contributed by atoms with Crippen LogP contribution in [0.3, 0.4) is 0 Å². The molecule has 1 aromatic rings. The third-order valence-electron chi connectivity index (χ3n) is 4.15. The minimum atomic E-state index is -0.926. The minimum absolute atomic E-state index is 0.0323. The molecule has 0 heterocycles. The second-order valence-electron chi connectivity index (χ2n) is 5.07. The lowest BCUT2D eigenvalue weighted by atomic mass is 9.77. The average molecular weight is 293 g/mol. The van der Waals surface area contributed by atoms with E-state index in [4.69, 9.17) is 23.2 Å². The van der Waals surface area contributed by atoms with Crippen LogP contribution in [0.15, 0.2) is 12.1 Å². The molecule has 0 spiro atoms. The van der Waals surface area contributed by atoms with E-state index >= 15 is 0 Å². The topological polar surface area (TPSA) is 0 Å². The largest absolute Gasteiger partial charge is 0.204 e. The second kappa shape index (κ2) is 5.34. The number of benzene rings is 1. The van der Waals surface area contributed by atoms with Gasteiger partial charge in [-0.1, -0.05) is 31.4 Å². The van der Waals surface area contributed by atoms with Gasteiger partial charge in [-0.05, 0) is 42.4 Å². The summed E-state index contributed by atoms with van der Waals surface area (Å²) in [4.78, 5) is 0. The molecule has 0 bridgehead atoms. The van der Waals surface area contributed by atoms with Crippen LogP contribution in [-0.4, -0.2) is 0 Å². The molecule has 0 amide bonds. The SMILES string of the molecule is CCC1(C(Cl)c2cc(F)c(F)cc2Cl)CCCC1. The third-order valence-corrected chi connectivity index (χ3v) is 5.18. The molecule has 1 saturated carbocycles. The van der Waals surface area contributed by atoms with E-state index in [2.05, 4.69) is 6.92 Å². The Balaban J connectivity index is 2.39. The maximum atomic E-state index is 13.3. The van der Waals surface area contributed by atoms with E-state index in [1.165, 1.54) is 0 Å². The van der Waals surface area contributed by atoms with Crippen LogP contribution in [0.2, 0.25) is 5.02 Å². The Labute approximate surface area is 116 Å². The Hall–Kier alpha value is -0.340. The molecule has 0 radical (unpaired) electrons. The van der Waals surface area contributed by atoms with E-state index in [9.17, 15) is 8.78 Å². The number of hydrogen-bond donors (Lipinski definition) is 0. The molecule has 1 aromatic carbocycles. The molecular formula is C14H16Cl2F2. The lowest BCUT2D eigenvalue weighted by molar-refractivity contribution is 0.270. The van der Waals surface area contributed by atoms with Crippen LogP contribution >= 0.6 is 23.2 Å². The maximum Gasteiger partial charge on any atom is 0.160 e. The smallest absolute Gasteiger partial charge is 0.160 e. The van der Waals surface area contributed by atoms with Crippen LogP contribution < -0.4 is 0 Å². The number of alkyl halides is 1. The highest BCUT2D eigenvalue weighted by Gasteiger charge is 2.40. The molecule has 1 atom stereocenters. The van der Waals surface area contributed by atoms with Gasteiger partial charge in [0.05, 0.1) is 5.38 Å². The number of halogens is 4. The van der Waals surface area contributed by atoms with Crippen LogP contribution in [0.4, 0.5) is 8.78 Å². The van der Waals surface area contributed by atoms with Gasteiger partial charge in [-0.2, -0.15) is 0 Å². The summed E-state index contributed by atoms with van der Waals surface area (Å²) in [5.41, 5.74) is 0.483. The van der Waals surface area contributed by atoms with Crippen molar-refractivity contribution in [2.24, 2.45) is 5.41 Å². The Morgan fingerprint density at radius 2 is 1.78 bits per heavy atom. The Kier molecular flexibility index (Phi) is 4.18. The molecule has 4 heteroatoms. The molecular weight excluding hydrogens is 277 g/mol. The first-order valence-electron chi connectivity index (χ1n) is 6.28. The summed E-state index contributed by atoms with van der Waals surface area (Å²) >= 11 is 12.5. The predicted molar refractivity (Wildman–Crippen MR) is 71.2 cm³/mol. The first-order chi connectivity index (χ1) is 8.50. The highest BCUT2D eigenvalue weighted by atomic mass is 35.5. The zero-order chi connectivity index (χ0) is 13.3. The van der Waals surface area contributed by atoms with Crippen LogP contribution in [0.25, 0.3) is 0 Å². The fourth-order valence-corrected chi connectivity index (χ4v) is 3.80. The van der Waals surface area contributed by atoms with Gasteiger partial charge in [-0.25, -0.2) is 8.78 Å². The van der Waals surface area contributed by atoms with Crippen molar-refractivity contribution in [2.75, 3.05) is 0 Å². The molecule has 0 aromatic heterocycles. The molecule has 1 aliphatic rings. The molecule has 0 nitrogen and oxygen atoms in total. The lowest BCUT2D eigenvalue weighted by Crippen LogP contribution is -2.22. The lowest BCUT2D eigenvalue weighted by Gasteiger charge is -2.33. The van der Waals surface area contributed by atoms with Crippen molar-refractivity contribution in [1.82, 2.24) is 0 Å². The molecule has 0 N–H and O–H groups in total. The third kappa shape index (κ3) is 2.37. The van der Waals surface area contributed by atoms with E-state index in [0.29, 0.717) is 5.56 Å². The maximum absolute atomic E-state index is 13.3. The summed E-state index contributed by atoms with van der Waals surface area (Å²) in [6, 6.07) is 2.16. The quantitative estimate of drug-likeness (QED) is 0.483. The highest BCUT2D eigenvalue weighted by molar-refractivity contribution is 6.32. The van der Waals surface area contributed by atoms with Crippen molar-refractivity contribution in [1.29, 1.82) is 0 Å². The Bertz CT molecular complexity index is 440. The van der Waals surface area contributed by atoms with Crippen LogP contribution in [-0.2, 0) is 0 Å². The normalized spacial score (nSPS) is 20.1. The van der Waals surface area contributed by atoms with Gasteiger partial charge in [0.2, 0.25) is 0 Å². The average Bonchev–Trinajstić information content (AvgIpc) is 2.83. The summed E-state index contributed by atoms with van der Waals surface area (Å²) in [5.74, 6) is -1.81. The van der Waals surface area contributed by atoms with Gasteiger partial charge < -0.3 is 0 Å². The van der Waals surface area contributed by atoms with Gasteiger partial charge in [-0.3, -0.25) is 0 Å². The molecule has 1 unspecified atom stereocenters. The van der Waals surface area contributed by atoms with Gasteiger partial charge in [0, 0.05) is 5.02 Å². The zero-order valence-electron chi connectivity index (χ0n) is 10.3. The van der Waals surface area contributed by atoms with E-state index in [0.717, 1.165) is 44.2 Å². The van der Waals surface area contributed by atoms with Crippen molar-refractivity contribution >= 4 is 23.2 Å². The molecule has 1 aliphatic carbocycles. The summed E-state index contributed by atoms with van der Waals surface area (Å²) in [6.07, 6.45) is 5.24. The molecule has 18 heavy (non-hydrogen) atoms. The fourth-order valence-electron chi connectivity index (χ4n) is 2.93. The van der Waals surface area contributed by atoms with E-state index in [1.807, 2.05) is 0 Å². The van der Waals surface area contributed by atoms with Gasteiger partial charge in [0.15, 0.2) is 11.6 Å². The highest BCUT2D eigenvalue weighted by Crippen LogP contribution is 2.54. The van der Waals surface area contributed by atoms with Crippen molar-refractivity contribution in [3.63, 3.8) is 0 Å². The van der Waals surface area contributed by atoms with Gasteiger partial charge in [0.25, 0.3) is 0 Å². The van der Waals surface area contributed by atoms with E-state index < -0.39 is 11.6 Å². The van der Waals surface area contributed by atoms with Gasteiger partial charge in [0.1, 0.15) is 0 Å². The first kappa shape index (κ1) is 14.1. The van der Waals surface area contributed by atoms with Crippen LogP contribution in [0.5, 0.6) is 0 Å². The predicted octanol–water partition coefficient (Wildman–Crippen LogP) is 5.87. The van der Waals surface area contributed by atoms with E-state index in [-0.39, 0.29) is 15.8 Å². The summed E-state index contributed by atoms with van der Waals surface area (Å²) in [7, 11) is 0. The fraction of sp³-hybridized carbons (Fsp3) is 0.571. The standard InChI is InChI=1S/C14H16Cl2F2/c1-2-14(5-3-4-6-14)13(16)9-7-11(17)12(18)8-10(9)15/h7-8,13H,2-6H2,1H3. The number of rotatable bonds is 3. The molecule has 0 aliphatic heterocycles. The summed E-state index contributed by atoms with van der Waals surface area (Å²) in [6.45, 7) is 2.09.